The number of nitrogens with one attached hydrogen (secondary N) is 1. The second kappa shape index (κ2) is 4.76. The molecule has 3 N–H and O–H groups in total. The smallest absolute Gasteiger partial charge is 0.261 e. The van der Waals surface area contributed by atoms with Crippen molar-refractivity contribution in [3.05, 3.63) is 19.2 Å². The van der Waals surface area contributed by atoms with Crippen LogP contribution in [0.3, 0.4) is 0 Å². The molecule has 1 aromatic heterocycles. The summed E-state index contributed by atoms with van der Waals surface area (Å²) in [5.41, 5.74) is 5.87. The molecule has 1 aromatic rings. The van der Waals surface area contributed by atoms with Crippen molar-refractivity contribution < 1.29 is 4.79 Å². The minimum Gasteiger partial charge on any atom is -0.349 e. The highest BCUT2D eigenvalue weighted by molar-refractivity contribution is 9.13. The van der Waals surface area contributed by atoms with Gasteiger partial charge in [0, 0.05) is 16.6 Å². The zero-order valence-electron chi connectivity index (χ0n) is 8.56. The molecule has 16 heavy (non-hydrogen) atoms. The molecule has 0 bridgehead atoms. The lowest BCUT2D eigenvalue weighted by atomic mass is 9.78. The predicted octanol–water partition coefficient (Wildman–Crippen LogP) is 2.88. The molecule has 1 saturated carbocycles. The topological polar surface area (TPSA) is 55.1 Å². The van der Waals surface area contributed by atoms with E-state index in [1.807, 2.05) is 6.07 Å². The number of nitrogens with two attached hydrogens (primary N) is 1. The zero-order chi connectivity index (χ0) is 11.8. The van der Waals surface area contributed by atoms with Gasteiger partial charge in [0.1, 0.15) is 0 Å². The van der Waals surface area contributed by atoms with Gasteiger partial charge in [-0.05, 0) is 57.2 Å². The molecule has 1 fully saturated rings. The monoisotopic (exact) mass is 366 g/mol. The van der Waals surface area contributed by atoms with Gasteiger partial charge in [-0.2, -0.15) is 0 Å². The van der Waals surface area contributed by atoms with Crippen LogP contribution in [-0.4, -0.2) is 18.0 Å². The summed E-state index contributed by atoms with van der Waals surface area (Å²) in [6, 6.07) is 1.81. The molecule has 6 heteroatoms. The van der Waals surface area contributed by atoms with Crippen molar-refractivity contribution in [2.75, 3.05) is 6.54 Å². The maximum Gasteiger partial charge on any atom is 0.261 e. The van der Waals surface area contributed by atoms with Crippen molar-refractivity contribution in [3.8, 4) is 0 Å². The molecule has 1 aliphatic carbocycles. The van der Waals surface area contributed by atoms with Crippen LogP contribution in [0.15, 0.2) is 14.3 Å². The third-order valence-electron chi connectivity index (χ3n) is 2.82. The Hall–Kier alpha value is 0.0900. The van der Waals surface area contributed by atoms with E-state index in [-0.39, 0.29) is 11.4 Å². The van der Waals surface area contributed by atoms with Crippen LogP contribution in [0.1, 0.15) is 28.9 Å². The van der Waals surface area contributed by atoms with Crippen LogP contribution in [-0.2, 0) is 0 Å². The lowest BCUT2D eigenvalue weighted by molar-refractivity contribution is 0.0934. The summed E-state index contributed by atoms with van der Waals surface area (Å²) < 4.78 is 1.84. The molecule has 1 amide bonds. The molecule has 0 spiro atoms. The first-order valence-corrected chi connectivity index (χ1v) is 7.42. The fourth-order valence-electron chi connectivity index (χ4n) is 1.61. The van der Waals surface area contributed by atoms with Crippen LogP contribution in [0.2, 0.25) is 0 Å². The lowest BCUT2D eigenvalue weighted by Crippen LogP contribution is -2.54. The third-order valence-corrected chi connectivity index (χ3v) is 6.07. The van der Waals surface area contributed by atoms with Crippen LogP contribution < -0.4 is 11.1 Å². The molecule has 88 valence electrons. The quantitative estimate of drug-likeness (QED) is 0.862. The van der Waals surface area contributed by atoms with E-state index < -0.39 is 0 Å². The first-order chi connectivity index (χ1) is 7.50. The van der Waals surface area contributed by atoms with Crippen molar-refractivity contribution in [3.63, 3.8) is 0 Å². The Labute approximate surface area is 115 Å². The number of hydrogen-bond acceptors (Lipinski definition) is 3. The number of thiophene rings is 1. The number of amides is 1. The van der Waals surface area contributed by atoms with Gasteiger partial charge in [-0.15, -0.1) is 11.3 Å². The second-order valence-corrected chi connectivity index (χ2v) is 7.36. The number of hydrogen-bond donors (Lipinski definition) is 2. The third kappa shape index (κ3) is 2.67. The molecule has 0 radical (unpaired) electrons. The standard InChI is InChI=1S/C10H12Br2N2OS/c11-6-4-7(16-8(6)12)9(15)14-5-10(13)2-1-3-10/h4H,1-3,5,13H2,(H,14,15). The van der Waals surface area contributed by atoms with Crippen LogP contribution >= 0.6 is 43.2 Å². The minimum atomic E-state index is -0.165. The Bertz CT molecular complexity index is 395. The van der Waals surface area contributed by atoms with Crippen molar-refractivity contribution in [1.29, 1.82) is 0 Å². The highest BCUT2D eigenvalue weighted by atomic mass is 79.9. The molecule has 2 rings (SSSR count). The van der Waals surface area contributed by atoms with E-state index in [9.17, 15) is 4.79 Å². The van der Waals surface area contributed by atoms with E-state index >= 15 is 0 Å². The van der Waals surface area contributed by atoms with Crippen molar-refractivity contribution in [2.45, 2.75) is 24.8 Å². The second-order valence-electron chi connectivity index (χ2n) is 4.13. The van der Waals surface area contributed by atoms with Gasteiger partial charge in [0.05, 0.1) is 8.66 Å². The summed E-state index contributed by atoms with van der Waals surface area (Å²) in [5.74, 6) is -0.0480. The molecule has 1 aliphatic rings. The molecule has 0 atom stereocenters. The van der Waals surface area contributed by atoms with E-state index in [0.717, 1.165) is 21.1 Å². The summed E-state index contributed by atoms with van der Waals surface area (Å²) >= 11 is 8.14. The van der Waals surface area contributed by atoms with Gasteiger partial charge in [0.2, 0.25) is 0 Å². The van der Waals surface area contributed by atoms with Gasteiger partial charge >= 0.3 is 0 Å². The van der Waals surface area contributed by atoms with Gasteiger partial charge in [-0.25, -0.2) is 0 Å². The minimum absolute atomic E-state index is 0.0480. The average molecular weight is 368 g/mol. The molecule has 3 nitrogen and oxygen atoms in total. The van der Waals surface area contributed by atoms with Gasteiger partial charge in [0.25, 0.3) is 5.91 Å². The lowest BCUT2D eigenvalue weighted by Gasteiger charge is -2.38. The van der Waals surface area contributed by atoms with Gasteiger partial charge in [-0.1, -0.05) is 0 Å². The maximum absolute atomic E-state index is 11.8. The zero-order valence-corrected chi connectivity index (χ0v) is 12.5. The fraction of sp³-hybridized carbons (Fsp3) is 0.500. The Kier molecular flexibility index (Phi) is 3.73. The normalized spacial score (nSPS) is 17.9. The van der Waals surface area contributed by atoms with Crippen LogP contribution in [0.25, 0.3) is 0 Å². The number of halogens is 2. The first kappa shape index (κ1) is 12.5. The Morgan fingerprint density at radius 3 is 2.69 bits per heavy atom. The maximum atomic E-state index is 11.8. The summed E-state index contributed by atoms with van der Waals surface area (Å²) in [4.78, 5) is 12.5. The summed E-state index contributed by atoms with van der Waals surface area (Å²) in [6.45, 7) is 0.568. The highest BCUT2D eigenvalue weighted by Crippen LogP contribution is 2.32. The van der Waals surface area contributed by atoms with Crippen LogP contribution in [0, 0.1) is 0 Å². The van der Waals surface area contributed by atoms with Crippen molar-refractivity contribution in [2.24, 2.45) is 5.73 Å². The van der Waals surface area contributed by atoms with E-state index in [4.69, 9.17) is 5.73 Å². The van der Waals surface area contributed by atoms with E-state index in [1.165, 1.54) is 17.8 Å². The van der Waals surface area contributed by atoms with E-state index in [1.54, 1.807) is 0 Å². The fourth-order valence-corrected chi connectivity index (χ4v) is 3.56. The number of rotatable bonds is 3. The van der Waals surface area contributed by atoms with Crippen LogP contribution in [0.5, 0.6) is 0 Å². The number of carbonyl (C=O) groups is 1. The molecule has 0 aromatic carbocycles. The molecule has 0 aliphatic heterocycles. The van der Waals surface area contributed by atoms with Crippen LogP contribution in [0.4, 0.5) is 0 Å². The molecular formula is C10H12Br2N2OS. The molecule has 0 unspecified atom stereocenters. The van der Waals surface area contributed by atoms with Gasteiger partial charge in [0.15, 0.2) is 0 Å². The predicted molar refractivity (Wildman–Crippen MR) is 72.8 cm³/mol. The SMILES string of the molecule is NC1(CNC(=O)c2cc(Br)c(Br)s2)CCC1. The highest BCUT2D eigenvalue weighted by Gasteiger charge is 2.32. The summed E-state index contributed by atoms with van der Waals surface area (Å²) in [7, 11) is 0. The summed E-state index contributed by atoms with van der Waals surface area (Å²) in [5, 5.41) is 2.89. The van der Waals surface area contributed by atoms with Gasteiger partial charge < -0.3 is 11.1 Å². The Balaban J connectivity index is 1.93. The Morgan fingerprint density at radius 2 is 2.25 bits per heavy atom. The molecular weight excluding hydrogens is 356 g/mol. The largest absolute Gasteiger partial charge is 0.349 e. The Morgan fingerprint density at radius 1 is 1.56 bits per heavy atom. The molecule has 0 saturated heterocycles. The first-order valence-electron chi connectivity index (χ1n) is 5.02. The van der Waals surface area contributed by atoms with Crippen molar-refractivity contribution >= 4 is 49.1 Å². The number of carbonyl (C=O) groups excluding carboxylic acids is 1. The average Bonchev–Trinajstić information content (AvgIpc) is 2.53. The van der Waals surface area contributed by atoms with E-state index in [0.29, 0.717) is 11.4 Å². The van der Waals surface area contributed by atoms with E-state index in [2.05, 4.69) is 37.2 Å². The summed E-state index contributed by atoms with van der Waals surface area (Å²) in [6.07, 6.45) is 3.18. The molecule has 1 heterocycles. The van der Waals surface area contributed by atoms with Crippen molar-refractivity contribution in [1.82, 2.24) is 5.32 Å². The van der Waals surface area contributed by atoms with Gasteiger partial charge in [-0.3, -0.25) is 4.79 Å².